The molecular formula is C11H13N3O. The van der Waals surface area contributed by atoms with E-state index in [1.807, 2.05) is 24.3 Å². The van der Waals surface area contributed by atoms with E-state index >= 15 is 0 Å². The molecule has 0 aliphatic heterocycles. The Morgan fingerprint density at radius 2 is 2.13 bits per heavy atom. The van der Waals surface area contributed by atoms with Gasteiger partial charge in [-0.25, -0.2) is 0 Å². The van der Waals surface area contributed by atoms with Gasteiger partial charge in [0.25, 0.3) is 0 Å². The molecule has 1 aliphatic carbocycles. The van der Waals surface area contributed by atoms with Crippen LogP contribution >= 0.6 is 0 Å². The van der Waals surface area contributed by atoms with E-state index in [9.17, 15) is 5.11 Å². The summed E-state index contributed by atoms with van der Waals surface area (Å²) in [5, 5.41) is 13.5. The summed E-state index contributed by atoms with van der Waals surface area (Å²) in [6.07, 6.45) is 2.37. The van der Waals surface area contributed by atoms with E-state index < -0.39 is 5.60 Å². The van der Waals surface area contributed by atoms with Gasteiger partial charge in [0.05, 0.1) is 5.60 Å². The normalized spacial score (nSPS) is 16.9. The Hall–Kier alpha value is -1.51. The smallest absolute Gasteiger partial charge is 0.0901 e. The number of aliphatic hydroxyl groups is 1. The molecule has 1 aliphatic rings. The fourth-order valence-corrected chi connectivity index (χ4v) is 1.80. The highest BCUT2D eigenvalue weighted by Gasteiger charge is 2.43. The molecule has 1 fully saturated rings. The van der Waals surface area contributed by atoms with Gasteiger partial charge in [-0.15, -0.1) is 0 Å². The number of rotatable bonds is 4. The molecule has 1 aromatic carbocycles. The monoisotopic (exact) mass is 203 g/mol. The third-order valence-corrected chi connectivity index (χ3v) is 2.79. The van der Waals surface area contributed by atoms with Gasteiger partial charge in [-0.05, 0) is 35.9 Å². The van der Waals surface area contributed by atoms with Gasteiger partial charge in [0.1, 0.15) is 0 Å². The van der Waals surface area contributed by atoms with Crippen LogP contribution in [0.5, 0.6) is 0 Å². The minimum absolute atomic E-state index is 0.448. The molecule has 0 bridgehead atoms. The first kappa shape index (κ1) is 10.0. The molecule has 1 N–H and O–H groups in total. The molecule has 0 atom stereocenters. The van der Waals surface area contributed by atoms with Crippen LogP contribution in [0.1, 0.15) is 24.0 Å². The van der Waals surface area contributed by atoms with Gasteiger partial charge in [0.2, 0.25) is 0 Å². The van der Waals surface area contributed by atoms with Crippen molar-refractivity contribution in [3.05, 3.63) is 45.8 Å². The van der Waals surface area contributed by atoms with Crippen LogP contribution in [-0.2, 0) is 12.0 Å². The summed E-state index contributed by atoms with van der Waals surface area (Å²) in [5.74, 6) is 0. The summed E-state index contributed by atoms with van der Waals surface area (Å²) in [4.78, 5) is 2.72. The van der Waals surface area contributed by atoms with Crippen molar-refractivity contribution in [1.82, 2.24) is 0 Å². The molecule has 0 unspecified atom stereocenters. The molecule has 0 aromatic heterocycles. The summed E-state index contributed by atoms with van der Waals surface area (Å²) in [6, 6.07) is 7.82. The van der Waals surface area contributed by atoms with Crippen molar-refractivity contribution in [2.45, 2.75) is 24.9 Å². The second-order valence-corrected chi connectivity index (χ2v) is 3.89. The first-order valence-electron chi connectivity index (χ1n) is 5.08. The molecule has 0 saturated heterocycles. The molecule has 15 heavy (non-hydrogen) atoms. The number of nitrogens with zero attached hydrogens (tertiary/aromatic N) is 3. The zero-order valence-corrected chi connectivity index (χ0v) is 8.43. The highest BCUT2D eigenvalue weighted by molar-refractivity contribution is 5.35. The fraction of sp³-hybridized carbons (Fsp3) is 0.455. The molecule has 1 saturated carbocycles. The van der Waals surface area contributed by atoms with Crippen LogP contribution in [0.3, 0.4) is 0 Å². The Labute approximate surface area is 88.2 Å². The zero-order valence-electron chi connectivity index (χ0n) is 8.43. The van der Waals surface area contributed by atoms with Gasteiger partial charge < -0.3 is 5.11 Å². The maximum absolute atomic E-state index is 10.0. The Bertz CT molecular complexity index is 406. The molecule has 0 heterocycles. The van der Waals surface area contributed by atoms with E-state index in [1.165, 1.54) is 0 Å². The Morgan fingerprint density at radius 3 is 2.80 bits per heavy atom. The standard InChI is InChI=1S/C11H13N3O/c12-14-13-8-5-9-3-1-2-4-10(9)11(15)6-7-11/h1-4,15H,5-8H2. The van der Waals surface area contributed by atoms with Crippen LogP contribution < -0.4 is 0 Å². The summed E-state index contributed by atoms with van der Waals surface area (Å²) in [6.45, 7) is 0.448. The molecule has 1 aromatic rings. The van der Waals surface area contributed by atoms with Crippen LogP contribution in [0.4, 0.5) is 0 Å². The summed E-state index contributed by atoms with van der Waals surface area (Å²) >= 11 is 0. The van der Waals surface area contributed by atoms with Crippen molar-refractivity contribution in [3.8, 4) is 0 Å². The van der Waals surface area contributed by atoms with Crippen molar-refractivity contribution < 1.29 is 5.11 Å². The molecule has 0 spiro atoms. The van der Waals surface area contributed by atoms with Gasteiger partial charge in [-0.1, -0.05) is 29.4 Å². The average Bonchev–Trinajstić information content (AvgIpc) is 2.99. The lowest BCUT2D eigenvalue weighted by Crippen LogP contribution is -2.08. The van der Waals surface area contributed by atoms with Gasteiger partial charge in [-0.2, -0.15) is 0 Å². The van der Waals surface area contributed by atoms with E-state index in [1.54, 1.807) is 0 Å². The predicted molar refractivity (Wildman–Crippen MR) is 57.3 cm³/mol. The Kier molecular flexibility index (Phi) is 2.62. The molecule has 4 nitrogen and oxygen atoms in total. The molecule has 4 heteroatoms. The van der Waals surface area contributed by atoms with Crippen molar-refractivity contribution in [1.29, 1.82) is 0 Å². The van der Waals surface area contributed by atoms with Crippen molar-refractivity contribution in [2.75, 3.05) is 6.54 Å². The highest BCUT2D eigenvalue weighted by atomic mass is 16.3. The van der Waals surface area contributed by atoms with Gasteiger partial charge in [-0.3, -0.25) is 0 Å². The van der Waals surface area contributed by atoms with Crippen LogP contribution in [0.15, 0.2) is 29.4 Å². The van der Waals surface area contributed by atoms with Gasteiger partial charge in [0, 0.05) is 11.5 Å². The van der Waals surface area contributed by atoms with Gasteiger partial charge in [0.15, 0.2) is 0 Å². The minimum atomic E-state index is -0.604. The molecule has 2 rings (SSSR count). The maximum atomic E-state index is 10.0. The van der Waals surface area contributed by atoms with Crippen molar-refractivity contribution in [2.24, 2.45) is 5.11 Å². The average molecular weight is 203 g/mol. The van der Waals surface area contributed by atoms with Crippen LogP contribution in [0.2, 0.25) is 0 Å². The lowest BCUT2D eigenvalue weighted by molar-refractivity contribution is 0.150. The SMILES string of the molecule is [N-]=[N+]=NCCc1ccccc1C1(O)CC1. The first-order valence-corrected chi connectivity index (χ1v) is 5.08. The van der Waals surface area contributed by atoms with E-state index in [-0.39, 0.29) is 0 Å². The van der Waals surface area contributed by atoms with Gasteiger partial charge >= 0.3 is 0 Å². The Morgan fingerprint density at radius 1 is 1.40 bits per heavy atom. The van der Waals surface area contributed by atoms with E-state index in [0.717, 1.165) is 24.0 Å². The predicted octanol–water partition coefficient (Wildman–Crippen LogP) is 2.52. The number of hydrogen-bond acceptors (Lipinski definition) is 2. The summed E-state index contributed by atoms with van der Waals surface area (Å²) in [7, 11) is 0. The summed E-state index contributed by atoms with van der Waals surface area (Å²) in [5.41, 5.74) is 9.68. The third kappa shape index (κ3) is 2.12. The lowest BCUT2D eigenvalue weighted by Gasteiger charge is -2.13. The highest BCUT2D eigenvalue weighted by Crippen LogP contribution is 2.46. The number of hydrogen-bond donors (Lipinski definition) is 1. The fourth-order valence-electron chi connectivity index (χ4n) is 1.80. The van der Waals surface area contributed by atoms with Crippen LogP contribution in [0, 0.1) is 0 Å². The lowest BCUT2D eigenvalue weighted by atomic mass is 9.98. The second-order valence-electron chi connectivity index (χ2n) is 3.89. The quantitative estimate of drug-likeness (QED) is 0.456. The molecular weight excluding hydrogens is 190 g/mol. The summed E-state index contributed by atoms with van der Waals surface area (Å²) < 4.78 is 0. The van der Waals surface area contributed by atoms with E-state index in [4.69, 9.17) is 5.53 Å². The topological polar surface area (TPSA) is 69.0 Å². The van der Waals surface area contributed by atoms with Crippen molar-refractivity contribution >= 4 is 0 Å². The van der Waals surface area contributed by atoms with Crippen molar-refractivity contribution in [3.63, 3.8) is 0 Å². The first-order chi connectivity index (χ1) is 7.26. The second kappa shape index (κ2) is 3.93. The number of benzene rings is 1. The number of azide groups is 1. The molecule has 78 valence electrons. The molecule has 0 radical (unpaired) electrons. The van der Waals surface area contributed by atoms with Crippen LogP contribution in [0.25, 0.3) is 10.4 Å². The third-order valence-electron chi connectivity index (χ3n) is 2.79. The van der Waals surface area contributed by atoms with E-state index in [0.29, 0.717) is 13.0 Å². The zero-order chi connectivity index (χ0) is 10.7. The minimum Gasteiger partial charge on any atom is -0.385 e. The molecule has 0 amide bonds. The van der Waals surface area contributed by atoms with E-state index in [2.05, 4.69) is 10.0 Å². The maximum Gasteiger partial charge on any atom is 0.0901 e. The largest absolute Gasteiger partial charge is 0.385 e. The van der Waals surface area contributed by atoms with Crippen LogP contribution in [-0.4, -0.2) is 11.7 Å². The Balaban J connectivity index is 2.18.